The molecular weight excluding hydrogens is 146 g/mol. The van der Waals surface area contributed by atoms with Gasteiger partial charge in [0.05, 0.1) is 11.6 Å². The second-order valence-corrected chi connectivity index (χ2v) is 1.92. The molecular formula is C7H11NO3. The van der Waals surface area contributed by atoms with Gasteiger partial charge in [0, 0.05) is 14.2 Å². The van der Waals surface area contributed by atoms with Crippen molar-refractivity contribution in [1.82, 2.24) is 0 Å². The molecule has 0 amide bonds. The lowest BCUT2D eigenvalue weighted by Crippen LogP contribution is -2.30. The monoisotopic (exact) mass is 157 g/mol. The predicted octanol–water partition coefficient (Wildman–Crippen LogP) is 0.0460. The van der Waals surface area contributed by atoms with Crippen molar-refractivity contribution in [2.45, 2.75) is 12.4 Å². The first kappa shape index (κ1) is 10.1. The molecule has 1 atom stereocenters. The van der Waals surface area contributed by atoms with Crippen LogP contribution in [0.1, 0.15) is 0 Å². The molecule has 0 radical (unpaired) electrons. The molecule has 0 fully saturated rings. The Morgan fingerprint density at radius 2 is 2.00 bits per heavy atom. The van der Waals surface area contributed by atoms with Crippen LogP contribution in [-0.2, 0) is 9.47 Å². The lowest BCUT2D eigenvalue weighted by Gasteiger charge is -2.18. The Bertz CT molecular complexity index is 169. The van der Waals surface area contributed by atoms with Crippen molar-refractivity contribution in [3.05, 3.63) is 12.2 Å². The molecule has 0 aromatic carbocycles. The lowest BCUT2D eigenvalue weighted by molar-refractivity contribution is -0.151. The first-order valence-corrected chi connectivity index (χ1v) is 3.00. The van der Waals surface area contributed by atoms with Gasteiger partial charge >= 0.3 is 0 Å². The van der Waals surface area contributed by atoms with E-state index >= 15 is 0 Å². The Morgan fingerprint density at radius 3 is 2.27 bits per heavy atom. The minimum Gasteiger partial charge on any atom is -0.382 e. The summed E-state index contributed by atoms with van der Waals surface area (Å²) in [5.74, 6) is 0. The number of aliphatic hydroxyl groups is 1. The summed E-state index contributed by atoms with van der Waals surface area (Å²) in [7, 11) is 2.75. The number of aliphatic hydroxyl groups excluding tert-OH is 1. The van der Waals surface area contributed by atoms with Gasteiger partial charge in [-0.25, -0.2) is 0 Å². The molecule has 0 aromatic heterocycles. The van der Waals surface area contributed by atoms with Crippen molar-refractivity contribution >= 4 is 0 Å². The highest BCUT2D eigenvalue weighted by Gasteiger charge is 2.20. The van der Waals surface area contributed by atoms with Gasteiger partial charge in [-0.1, -0.05) is 6.58 Å². The van der Waals surface area contributed by atoms with E-state index in [9.17, 15) is 5.11 Å². The molecule has 1 unspecified atom stereocenters. The summed E-state index contributed by atoms with van der Waals surface area (Å²) in [5, 5.41) is 17.5. The molecule has 0 rings (SSSR count). The summed E-state index contributed by atoms with van der Waals surface area (Å²) in [6.07, 6.45) is -1.91. The standard InChI is InChI=1S/C7H11NO3/c1-5(4-8)6(9)7(10-2)11-3/h6-7,9H,1H2,2-3H3. The number of ether oxygens (including phenoxy) is 2. The van der Waals surface area contributed by atoms with Gasteiger partial charge in [0.1, 0.15) is 6.10 Å². The molecule has 4 heteroatoms. The van der Waals surface area contributed by atoms with Crippen molar-refractivity contribution in [1.29, 1.82) is 5.26 Å². The Kier molecular flexibility index (Phi) is 4.46. The van der Waals surface area contributed by atoms with Crippen molar-refractivity contribution < 1.29 is 14.6 Å². The highest BCUT2D eigenvalue weighted by molar-refractivity contribution is 5.21. The van der Waals surface area contributed by atoms with E-state index in [4.69, 9.17) is 14.7 Å². The van der Waals surface area contributed by atoms with Crippen LogP contribution in [0.5, 0.6) is 0 Å². The normalized spacial score (nSPS) is 12.6. The highest BCUT2D eigenvalue weighted by Crippen LogP contribution is 2.06. The second kappa shape index (κ2) is 4.85. The third-order valence-corrected chi connectivity index (χ3v) is 1.22. The Labute approximate surface area is 65.7 Å². The van der Waals surface area contributed by atoms with Crippen LogP contribution in [0.25, 0.3) is 0 Å². The van der Waals surface area contributed by atoms with E-state index in [1.165, 1.54) is 14.2 Å². The van der Waals surface area contributed by atoms with Gasteiger partial charge in [-0.15, -0.1) is 0 Å². The number of hydrogen-bond donors (Lipinski definition) is 1. The van der Waals surface area contributed by atoms with Crippen LogP contribution in [0.4, 0.5) is 0 Å². The van der Waals surface area contributed by atoms with Crippen LogP contribution < -0.4 is 0 Å². The molecule has 0 aliphatic rings. The SMILES string of the molecule is C=C(C#N)C(O)C(OC)OC. The fraction of sp³-hybridized carbons (Fsp3) is 0.571. The topological polar surface area (TPSA) is 62.5 Å². The summed E-state index contributed by atoms with van der Waals surface area (Å²) >= 11 is 0. The van der Waals surface area contributed by atoms with Gasteiger partial charge in [-0.05, 0) is 0 Å². The van der Waals surface area contributed by atoms with E-state index < -0.39 is 12.4 Å². The average Bonchev–Trinajstić information content (AvgIpc) is 2.05. The number of nitrogens with zero attached hydrogens (tertiary/aromatic N) is 1. The van der Waals surface area contributed by atoms with Crippen LogP contribution in [0.3, 0.4) is 0 Å². The molecule has 0 aliphatic carbocycles. The van der Waals surface area contributed by atoms with E-state index in [0.29, 0.717) is 0 Å². The third-order valence-electron chi connectivity index (χ3n) is 1.22. The van der Waals surface area contributed by atoms with Crippen LogP contribution in [0.2, 0.25) is 0 Å². The second-order valence-electron chi connectivity index (χ2n) is 1.92. The molecule has 1 N–H and O–H groups in total. The van der Waals surface area contributed by atoms with Crippen molar-refractivity contribution in [2.75, 3.05) is 14.2 Å². The number of nitriles is 1. The summed E-state index contributed by atoms with van der Waals surface area (Å²) in [6, 6.07) is 1.71. The zero-order valence-corrected chi connectivity index (χ0v) is 6.57. The van der Waals surface area contributed by atoms with E-state index in [1.54, 1.807) is 6.07 Å². The minimum atomic E-state index is -1.09. The van der Waals surface area contributed by atoms with Crippen LogP contribution in [0.15, 0.2) is 12.2 Å². The van der Waals surface area contributed by atoms with Gasteiger partial charge in [-0.2, -0.15) is 5.26 Å². The Balaban J connectivity index is 4.10. The molecule has 62 valence electrons. The van der Waals surface area contributed by atoms with Crippen LogP contribution in [-0.4, -0.2) is 31.7 Å². The van der Waals surface area contributed by atoms with Gasteiger partial charge < -0.3 is 14.6 Å². The smallest absolute Gasteiger partial charge is 0.187 e. The number of hydrogen-bond acceptors (Lipinski definition) is 4. The third kappa shape index (κ3) is 2.68. The highest BCUT2D eigenvalue weighted by atomic mass is 16.7. The van der Waals surface area contributed by atoms with Gasteiger partial charge in [-0.3, -0.25) is 0 Å². The Morgan fingerprint density at radius 1 is 1.55 bits per heavy atom. The largest absolute Gasteiger partial charge is 0.382 e. The van der Waals surface area contributed by atoms with E-state index in [2.05, 4.69) is 6.58 Å². The molecule has 0 spiro atoms. The van der Waals surface area contributed by atoms with Gasteiger partial charge in [0.15, 0.2) is 6.29 Å². The summed E-state index contributed by atoms with van der Waals surface area (Å²) in [6.45, 7) is 3.32. The zero-order valence-electron chi connectivity index (χ0n) is 6.57. The molecule has 0 saturated carbocycles. The van der Waals surface area contributed by atoms with E-state index in [-0.39, 0.29) is 5.57 Å². The first-order chi connectivity index (χ1) is 5.17. The summed E-state index contributed by atoms with van der Waals surface area (Å²) < 4.78 is 9.40. The molecule has 0 bridgehead atoms. The molecule has 0 saturated heterocycles. The minimum absolute atomic E-state index is 0.0266. The van der Waals surface area contributed by atoms with Gasteiger partial charge in [0.25, 0.3) is 0 Å². The van der Waals surface area contributed by atoms with Crippen LogP contribution in [0, 0.1) is 11.3 Å². The molecule has 0 aliphatic heterocycles. The average molecular weight is 157 g/mol. The fourth-order valence-electron chi connectivity index (χ4n) is 0.584. The van der Waals surface area contributed by atoms with Crippen molar-refractivity contribution in [3.8, 4) is 6.07 Å². The molecule has 0 heterocycles. The van der Waals surface area contributed by atoms with E-state index in [0.717, 1.165) is 0 Å². The van der Waals surface area contributed by atoms with Crippen molar-refractivity contribution in [3.63, 3.8) is 0 Å². The lowest BCUT2D eigenvalue weighted by atomic mass is 10.2. The summed E-state index contributed by atoms with van der Waals surface area (Å²) in [5.41, 5.74) is 0.0266. The quantitative estimate of drug-likeness (QED) is 0.462. The molecule has 11 heavy (non-hydrogen) atoms. The predicted molar refractivity (Wildman–Crippen MR) is 38.6 cm³/mol. The van der Waals surface area contributed by atoms with Gasteiger partial charge in [0.2, 0.25) is 0 Å². The van der Waals surface area contributed by atoms with Crippen LogP contribution >= 0.6 is 0 Å². The Hall–Kier alpha value is -0.890. The fourth-order valence-corrected chi connectivity index (χ4v) is 0.584. The van der Waals surface area contributed by atoms with E-state index in [1.807, 2.05) is 0 Å². The maximum Gasteiger partial charge on any atom is 0.187 e. The molecule has 4 nitrogen and oxygen atoms in total. The number of rotatable bonds is 4. The number of methoxy groups -OCH3 is 2. The first-order valence-electron chi connectivity index (χ1n) is 3.00. The maximum absolute atomic E-state index is 9.21. The maximum atomic E-state index is 9.21. The summed E-state index contributed by atoms with van der Waals surface area (Å²) in [4.78, 5) is 0. The zero-order chi connectivity index (χ0) is 8.85. The molecule has 0 aromatic rings. The van der Waals surface area contributed by atoms with Crippen molar-refractivity contribution in [2.24, 2.45) is 0 Å².